The molecule has 0 amide bonds. The Bertz CT molecular complexity index is 657. The topological polar surface area (TPSA) is 56.1 Å². The summed E-state index contributed by atoms with van der Waals surface area (Å²) in [5.41, 5.74) is -0.376. The van der Waals surface area contributed by atoms with Crippen LogP contribution in [0.3, 0.4) is 0 Å². The fourth-order valence-corrected chi connectivity index (χ4v) is 3.24. The lowest BCUT2D eigenvalue weighted by molar-refractivity contribution is -0.0468. The summed E-state index contributed by atoms with van der Waals surface area (Å²) < 4.78 is 50.2. The predicted octanol–water partition coefficient (Wildman–Crippen LogP) is 2.47. The Balaban J connectivity index is 1.97. The van der Waals surface area contributed by atoms with Crippen LogP contribution in [0, 0.1) is 5.92 Å². The van der Waals surface area contributed by atoms with E-state index >= 15 is 0 Å². The third-order valence-electron chi connectivity index (χ3n) is 4.01. The van der Waals surface area contributed by atoms with Gasteiger partial charge in [-0.3, -0.25) is 4.79 Å². The van der Waals surface area contributed by atoms with Crippen molar-refractivity contribution in [2.24, 2.45) is 5.92 Å². The van der Waals surface area contributed by atoms with Crippen molar-refractivity contribution in [3.8, 4) is 0 Å². The van der Waals surface area contributed by atoms with E-state index in [9.17, 15) is 22.0 Å². The van der Waals surface area contributed by atoms with Gasteiger partial charge in [0.1, 0.15) is 0 Å². The standard InChI is InChI=1S/C14H19F2NO3S/c1-21(19,20)12-5-9-17(13(18)10-12)8-4-11-2-6-14(15,16)7-3-11/h5,9-11H,2-4,6-8H2,1H3. The van der Waals surface area contributed by atoms with Crippen molar-refractivity contribution >= 4 is 9.84 Å². The van der Waals surface area contributed by atoms with E-state index in [1.807, 2.05) is 0 Å². The summed E-state index contributed by atoms with van der Waals surface area (Å²) >= 11 is 0. The van der Waals surface area contributed by atoms with Gasteiger partial charge < -0.3 is 4.57 Å². The van der Waals surface area contributed by atoms with E-state index in [-0.39, 0.29) is 29.2 Å². The highest BCUT2D eigenvalue weighted by molar-refractivity contribution is 7.90. The SMILES string of the molecule is CS(=O)(=O)c1ccn(CCC2CCC(F)(F)CC2)c(=O)c1. The van der Waals surface area contributed by atoms with Crippen molar-refractivity contribution < 1.29 is 17.2 Å². The summed E-state index contributed by atoms with van der Waals surface area (Å²) in [6.45, 7) is 0.430. The number of aryl methyl sites for hydroxylation is 1. The molecule has 4 nitrogen and oxygen atoms in total. The minimum atomic E-state index is -3.39. The number of halogens is 2. The number of hydrogen-bond donors (Lipinski definition) is 0. The highest BCUT2D eigenvalue weighted by Gasteiger charge is 2.34. The van der Waals surface area contributed by atoms with Crippen molar-refractivity contribution in [3.05, 3.63) is 28.7 Å². The molecule has 1 heterocycles. The molecule has 1 aliphatic rings. The number of rotatable bonds is 4. The van der Waals surface area contributed by atoms with Gasteiger partial charge in [-0.15, -0.1) is 0 Å². The van der Waals surface area contributed by atoms with Crippen LogP contribution in [0.2, 0.25) is 0 Å². The molecular weight excluding hydrogens is 300 g/mol. The lowest BCUT2D eigenvalue weighted by atomic mass is 9.85. The van der Waals surface area contributed by atoms with Crippen LogP contribution in [0.4, 0.5) is 8.78 Å². The van der Waals surface area contributed by atoms with E-state index < -0.39 is 15.8 Å². The number of hydrogen-bond acceptors (Lipinski definition) is 3. The molecule has 0 N–H and O–H groups in total. The van der Waals surface area contributed by atoms with Crippen molar-refractivity contribution in [1.82, 2.24) is 4.57 Å². The zero-order valence-electron chi connectivity index (χ0n) is 11.9. The van der Waals surface area contributed by atoms with Crippen molar-refractivity contribution in [2.75, 3.05) is 6.26 Å². The van der Waals surface area contributed by atoms with Gasteiger partial charge in [0.25, 0.3) is 5.56 Å². The molecule has 21 heavy (non-hydrogen) atoms. The van der Waals surface area contributed by atoms with Crippen LogP contribution >= 0.6 is 0 Å². The van der Waals surface area contributed by atoms with Crippen LogP contribution < -0.4 is 5.56 Å². The number of alkyl halides is 2. The third kappa shape index (κ3) is 4.36. The lowest BCUT2D eigenvalue weighted by Gasteiger charge is -2.28. The molecule has 0 unspecified atom stereocenters. The van der Waals surface area contributed by atoms with Crippen molar-refractivity contribution in [2.45, 2.75) is 49.5 Å². The second-order valence-corrected chi connectivity index (χ2v) is 7.77. The number of aromatic nitrogens is 1. The fraction of sp³-hybridized carbons (Fsp3) is 0.643. The Kier molecular flexibility index (Phi) is 4.51. The molecule has 2 rings (SSSR count). The molecule has 0 bridgehead atoms. The highest BCUT2D eigenvalue weighted by atomic mass is 32.2. The third-order valence-corrected chi connectivity index (χ3v) is 5.12. The molecule has 0 aromatic carbocycles. The van der Waals surface area contributed by atoms with Gasteiger partial charge in [0, 0.05) is 37.9 Å². The average molecular weight is 319 g/mol. The number of nitrogens with zero attached hydrogens (tertiary/aromatic N) is 1. The molecule has 0 atom stereocenters. The lowest BCUT2D eigenvalue weighted by Crippen LogP contribution is -2.26. The average Bonchev–Trinajstić information content (AvgIpc) is 2.37. The van der Waals surface area contributed by atoms with Gasteiger partial charge in [0.05, 0.1) is 4.90 Å². The molecule has 1 aliphatic carbocycles. The largest absolute Gasteiger partial charge is 0.315 e. The van der Waals surface area contributed by atoms with Crippen LogP contribution in [-0.2, 0) is 16.4 Å². The van der Waals surface area contributed by atoms with Gasteiger partial charge in [-0.1, -0.05) is 0 Å². The van der Waals surface area contributed by atoms with Crippen LogP contribution in [0.1, 0.15) is 32.1 Å². The summed E-state index contributed by atoms with van der Waals surface area (Å²) in [5, 5.41) is 0. The summed E-state index contributed by atoms with van der Waals surface area (Å²) in [7, 11) is -3.39. The Hall–Kier alpha value is -1.24. The van der Waals surface area contributed by atoms with Gasteiger partial charge in [0.15, 0.2) is 9.84 Å². The summed E-state index contributed by atoms with van der Waals surface area (Å²) in [5.74, 6) is -2.34. The van der Waals surface area contributed by atoms with E-state index in [4.69, 9.17) is 0 Å². The molecule has 1 fully saturated rings. The predicted molar refractivity (Wildman–Crippen MR) is 75.3 cm³/mol. The molecule has 0 radical (unpaired) electrons. The maximum atomic E-state index is 13.0. The molecule has 7 heteroatoms. The maximum Gasteiger partial charge on any atom is 0.251 e. The Morgan fingerprint density at radius 2 is 1.95 bits per heavy atom. The Labute approximate surface area is 122 Å². The van der Waals surface area contributed by atoms with E-state index in [1.54, 1.807) is 0 Å². The molecule has 118 valence electrons. The van der Waals surface area contributed by atoms with Gasteiger partial charge in [-0.2, -0.15) is 0 Å². The van der Waals surface area contributed by atoms with E-state index in [0.29, 0.717) is 25.8 Å². The molecule has 0 saturated heterocycles. The summed E-state index contributed by atoms with van der Waals surface area (Å²) in [6, 6.07) is 2.50. The van der Waals surface area contributed by atoms with Crippen molar-refractivity contribution in [1.29, 1.82) is 0 Å². The molecule has 1 saturated carbocycles. The minimum Gasteiger partial charge on any atom is -0.315 e. The van der Waals surface area contributed by atoms with E-state index in [2.05, 4.69) is 0 Å². The first-order valence-electron chi connectivity index (χ1n) is 6.96. The first kappa shape index (κ1) is 16.1. The normalized spacial score (nSPS) is 19.6. The monoisotopic (exact) mass is 319 g/mol. The number of pyridine rings is 1. The Morgan fingerprint density at radius 3 is 2.48 bits per heavy atom. The van der Waals surface area contributed by atoms with Gasteiger partial charge in [0.2, 0.25) is 5.92 Å². The fourth-order valence-electron chi connectivity index (χ4n) is 2.62. The van der Waals surface area contributed by atoms with Gasteiger partial charge in [-0.05, 0) is 31.2 Å². The number of sulfone groups is 1. The maximum absolute atomic E-state index is 13.0. The van der Waals surface area contributed by atoms with Crippen LogP contribution in [-0.4, -0.2) is 25.2 Å². The molecule has 0 spiro atoms. The van der Waals surface area contributed by atoms with E-state index in [0.717, 1.165) is 12.3 Å². The second kappa shape index (κ2) is 5.87. The first-order valence-corrected chi connectivity index (χ1v) is 8.85. The Morgan fingerprint density at radius 1 is 1.33 bits per heavy atom. The molecule has 1 aromatic heterocycles. The van der Waals surface area contributed by atoms with E-state index in [1.165, 1.54) is 16.8 Å². The smallest absolute Gasteiger partial charge is 0.251 e. The zero-order valence-corrected chi connectivity index (χ0v) is 12.7. The highest BCUT2D eigenvalue weighted by Crippen LogP contribution is 2.37. The minimum absolute atomic E-state index is 0.000980. The molecular formula is C14H19F2NO3S. The van der Waals surface area contributed by atoms with Crippen LogP contribution in [0.5, 0.6) is 0 Å². The summed E-state index contributed by atoms with van der Waals surface area (Å²) in [4.78, 5) is 11.8. The zero-order chi connectivity index (χ0) is 15.7. The van der Waals surface area contributed by atoms with Crippen LogP contribution in [0.15, 0.2) is 28.0 Å². The van der Waals surface area contributed by atoms with Crippen LogP contribution in [0.25, 0.3) is 0 Å². The molecule has 1 aromatic rings. The second-order valence-electron chi connectivity index (χ2n) is 5.75. The van der Waals surface area contributed by atoms with Crippen molar-refractivity contribution in [3.63, 3.8) is 0 Å². The quantitative estimate of drug-likeness (QED) is 0.856. The summed E-state index contributed by atoms with van der Waals surface area (Å²) in [6.07, 6.45) is 3.95. The first-order chi connectivity index (χ1) is 9.67. The molecule has 0 aliphatic heterocycles. The van der Waals surface area contributed by atoms with Gasteiger partial charge >= 0.3 is 0 Å². The van der Waals surface area contributed by atoms with Gasteiger partial charge in [-0.25, -0.2) is 17.2 Å².